The summed E-state index contributed by atoms with van der Waals surface area (Å²) in [5.41, 5.74) is 1.83. The average Bonchev–Trinajstić information content (AvgIpc) is 2.83. The van der Waals surface area contributed by atoms with Crippen LogP contribution < -0.4 is 5.32 Å². The number of nitriles is 1. The van der Waals surface area contributed by atoms with Gasteiger partial charge in [0.1, 0.15) is 11.1 Å². The van der Waals surface area contributed by atoms with Gasteiger partial charge in [-0.1, -0.05) is 24.2 Å². The van der Waals surface area contributed by atoms with Crippen LogP contribution in [0.5, 0.6) is 0 Å². The molecule has 4 rings (SSSR count). The zero-order valence-electron chi connectivity index (χ0n) is 18.0. The SMILES string of the molecule is N#Cc1cc2c(nc1SCC(=O)Nc1cccc(S(=O)(=O)N3CCCCC3)c1)CCCC2=O. The Bertz CT molecular complexity index is 1230. The molecule has 1 aliphatic carbocycles. The third-order valence-electron chi connectivity index (χ3n) is 5.72. The molecule has 0 radical (unpaired) electrons. The second kappa shape index (κ2) is 10.0. The van der Waals surface area contributed by atoms with E-state index in [0.29, 0.717) is 47.9 Å². The van der Waals surface area contributed by atoms with Crippen LogP contribution in [0.1, 0.15) is 53.7 Å². The third-order valence-corrected chi connectivity index (χ3v) is 8.60. The maximum Gasteiger partial charge on any atom is 0.243 e. The van der Waals surface area contributed by atoms with Crippen molar-refractivity contribution >= 4 is 39.2 Å². The molecular formula is C23H24N4O4S2. The number of anilines is 1. The summed E-state index contributed by atoms with van der Waals surface area (Å²) in [6.45, 7) is 1.02. The van der Waals surface area contributed by atoms with E-state index in [9.17, 15) is 23.3 Å². The van der Waals surface area contributed by atoms with Gasteiger partial charge in [0.15, 0.2) is 5.78 Å². The van der Waals surface area contributed by atoms with Crippen LogP contribution in [0, 0.1) is 11.3 Å². The molecule has 1 aromatic heterocycles. The summed E-state index contributed by atoms with van der Waals surface area (Å²) in [6, 6.07) is 9.87. The fraction of sp³-hybridized carbons (Fsp3) is 0.391. The van der Waals surface area contributed by atoms with Crippen LogP contribution in [0.25, 0.3) is 0 Å². The first-order chi connectivity index (χ1) is 15.9. The number of amides is 1. The van der Waals surface area contributed by atoms with Gasteiger partial charge in [0.2, 0.25) is 15.9 Å². The van der Waals surface area contributed by atoms with Gasteiger partial charge in [-0.2, -0.15) is 9.57 Å². The highest BCUT2D eigenvalue weighted by Gasteiger charge is 2.26. The Morgan fingerprint density at radius 2 is 1.94 bits per heavy atom. The molecule has 1 N–H and O–H groups in total. The first-order valence-electron chi connectivity index (χ1n) is 10.9. The Balaban J connectivity index is 1.43. The van der Waals surface area contributed by atoms with Crippen molar-refractivity contribution in [2.75, 3.05) is 24.2 Å². The number of fused-ring (bicyclic) bond motifs is 1. The van der Waals surface area contributed by atoms with Gasteiger partial charge in [-0.25, -0.2) is 13.4 Å². The van der Waals surface area contributed by atoms with E-state index in [1.807, 2.05) is 0 Å². The number of pyridine rings is 1. The minimum atomic E-state index is -3.59. The van der Waals surface area contributed by atoms with Crippen LogP contribution in [0.4, 0.5) is 5.69 Å². The predicted octanol–water partition coefficient (Wildman–Crippen LogP) is 3.38. The number of Topliss-reactive ketones (excluding diaryl/α,β-unsaturated/α-hetero) is 1. The number of piperidine rings is 1. The Morgan fingerprint density at radius 1 is 1.15 bits per heavy atom. The molecule has 1 fully saturated rings. The quantitative estimate of drug-likeness (QED) is 0.624. The lowest BCUT2D eigenvalue weighted by Crippen LogP contribution is -2.35. The summed E-state index contributed by atoms with van der Waals surface area (Å²) in [7, 11) is -3.59. The van der Waals surface area contributed by atoms with Crippen molar-refractivity contribution in [3.05, 3.63) is 47.2 Å². The van der Waals surface area contributed by atoms with Crippen LogP contribution >= 0.6 is 11.8 Å². The minimum absolute atomic E-state index is 0.00246. The summed E-state index contributed by atoms with van der Waals surface area (Å²) in [6.07, 6.45) is 4.59. The predicted molar refractivity (Wildman–Crippen MR) is 125 cm³/mol. The number of ketones is 1. The van der Waals surface area contributed by atoms with Crippen LogP contribution in [-0.4, -0.2) is 48.2 Å². The third kappa shape index (κ3) is 5.27. The first kappa shape index (κ1) is 23.4. The summed E-state index contributed by atoms with van der Waals surface area (Å²) in [5, 5.41) is 12.6. The van der Waals surface area contributed by atoms with Crippen LogP contribution in [0.15, 0.2) is 40.3 Å². The molecule has 0 saturated carbocycles. The number of rotatable bonds is 6. The standard InChI is InChI=1S/C23H24N4O4S2/c24-14-16-12-19-20(8-5-9-21(19)28)26-23(16)32-15-22(29)25-17-6-4-7-18(13-17)33(30,31)27-10-2-1-3-11-27/h4,6-7,12-13H,1-3,5,8-11,15H2,(H,25,29). The van der Waals surface area contributed by atoms with Crippen molar-refractivity contribution in [1.82, 2.24) is 9.29 Å². The second-order valence-corrected chi connectivity index (χ2v) is 11.0. The monoisotopic (exact) mass is 484 g/mol. The lowest BCUT2D eigenvalue weighted by Gasteiger charge is -2.26. The van der Waals surface area contributed by atoms with E-state index in [0.717, 1.165) is 37.4 Å². The van der Waals surface area contributed by atoms with E-state index in [1.54, 1.807) is 18.2 Å². The molecular weight excluding hydrogens is 460 g/mol. The largest absolute Gasteiger partial charge is 0.325 e. The molecule has 0 atom stereocenters. The Kier molecular flexibility index (Phi) is 7.12. The number of aryl methyl sites for hydroxylation is 1. The van der Waals surface area contributed by atoms with Crippen LogP contribution in [-0.2, 0) is 21.2 Å². The highest BCUT2D eigenvalue weighted by molar-refractivity contribution is 8.00. The van der Waals surface area contributed by atoms with Crippen molar-refractivity contribution in [2.24, 2.45) is 0 Å². The lowest BCUT2D eigenvalue weighted by molar-refractivity contribution is -0.113. The fourth-order valence-corrected chi connectivity index (χ4v) is 6.36. The normalized spacial score (nSPS) is 16.6. The number of carbonyl (C=O) groups excluding carboxylic acids is 2. The highest BCUT2D eigenvalue weighted by Crippen LogP contribution is 2.28. The number of nitrogens with zero attached hydrogens (tertiary/aromatic N) is 3. The van der Waals surface area contributed by atoms with E-state index in [2.05, 4.69) is 16.4 Å². The van der Waals surface area contributed by atoms with Gasteiger partial charge < -0.3 is 5.32 Å². The fourth-order valence-electron chi connectivity index (χ4n) is 4.03. The van der Waals surface area contributed by atoms with Crippen molar-refractivity contribution in [3.8, 4) is 6.07 Å². The molecule has 33 heavy (non-hydrogen) atoms. The lowest BCUT2D eigenvalue weighted by atomic mass is 9.94. The average molecular weight is 485 g/mol. The molecule has 0 unspecified atom stereocenters. The van der Waals surface area contributed by atoms with Crippen molar-refractivity contribution < 1.29 is 18.0 Å². The molecule has 8 nitrogen and oxygen atoms in total. The molecule has 1 amide bonds. The maximum atomic E-state index is 12.9. The molecule has 0 bridgehead atoms. The van der Waals surface area contributed by atoms with E-state index < -0.39 is 10.0 Å². The number of hydrogen-bond acceptors (Lipinski definition) is 7. The number of nitrogens with one attached hydrogen (secondary N) is 1. The number of sulfonamides is 1. The maximum absolute atomic E-state index is 12.9. The zero-order chi connectivity index (χ0) is 23.4. The Morgan fingerprint density at radius 3 is 2.70 bits per heavy atom. The number of hydrogen-bond donors (Lipinski definition) is 1. The van der Waals surface area contributed by atoms with Gasteiger partial charge in [0.05, 0.1) is 21.9 Å². The molecule has 172 valence electrons. The second-order valence-electron chi connectivity index (χ2n) is 8.05. The van der Waals surface area contributed by atoms with Gasteiger partial charge in [0.25, 0.3) is 0 Å². The summed E-state index contributed by atoms with van der Waals surface area (Å²) < 4.78 is 27.3. The van der Waals surface area contributed by atoms with E-state index in [-0.39, 0.29) is 27.9 Å². The Hall–Kier alpha value is -2.74. The number of benzene rings is 1. The summed E-state index contributed by atoms with van der Waals surface area (Å²) >= 11 is 1.12. The summed E-state index contributed by atoms with van der Waals surface area (Å²) in [5.74, 6) is -0.349. The summed E-state index contributed by atoms with van der Waals surface area (Å²) in [4.78, 5) is 29.2. The van der Waals surface area contributed by atoms with E-state index >= 15 is 0 Å². The van der Waals surface area contributed by atoms with Crippen molar-refractivity contribution in [3.63, 3.8) is 0 Å². The van der Waals surface area contributed by atoms with Gasteiger partial charge in [-0.05, 0) is 49.9 Å². The number of aromatic nitrogens is 1. The molecule has 1 aliphatic heterocycles. The smallest absolute Gasteiger partial charge is 0.243 e. The van der Waals surface area contributed by atoms with Gasteiger partial charge in [-0.15, -0.1) is 0 Å². The topological polar surface area (TPSA) is 120 Å². The molecule has 2 heterocycles. The minimum Gasteiger partial charge on any atom is -0.325 e. The van der Waals surface area contributed by atoms with Crippen LogP contribution in [0.2, 0.25) is 0 Å². The van der Waals surface area contributed by atoms with Gasteiger partial charge in [-0.3, -0.25) is 9.59 Å². The van der Waals surface area contributed by atoms with E-state index in [1.165, 1.54) is 16.4 Å². The highest BCUT2D eigenvalue weighted by atomic mass is 32.2. The molecule has 1 saturated heterocycles. The molecule has 0 spiro atoms. The molecule has 2 aliphatic rings. The van der Waals surface area contributed by atoms with Crippen LogP contribution in [0.3, 0.4) is 0 Å². The molecule has 2 aromatic rings. The van der Waals surface area contributed by atoms with E-state index in [4.69, 9.17) is 0 Å². The Labute approximate surface area is 197 Å². The van der Waals surface area contributed by atoms with Crippen molar-refractivity contribution in [1.29, 1.82) is 5.26 Å². The van der Waals surface area contributed by atoms with Gasteiger partial charge >= 0.3 is 0 Å². The first-order valence-corrected chi connectivity index (χ1v) is 13.3. The van der Waals surface area contributed by atoms with Gasteiger partial charge in [0, 0.05) is 30.8 Å². The molecule has 1 aromatic carbocycles. The molecule has 10 heteroatoms. The number of thioether (sulfide) groups is 1. The zero-order valence-corrected chi connectivity index (χ0v) is 19.7. The van der Waals surface area contributed by atoms with Crippen molar-refractivity contribution in [2.45, 2.75) is 48.4 Å². The number of carbonyl (C=O) groups is 2.